The molecule has 0 unspecified atom stereocenters. The van der Waals surface area contributed by atoms with Crippen molar-refractivity contribution in [2.24, 2.45) is 0 Å². The van der Waals surface area contributed by atoms with Crippen molar-refractivity contribution in [1.29, 1.82) is 0 Å². The third-order valence-corrected chi connectivity index (χ3v) is 5.59. The third kappa shape index (κ3) is 5.88. The zero-order valence-electron chi connectivity index (χ0n) is 20.3. The van der Waals surface area contributed by atoms with E-state index in [4.69, 9.17) is 4.42 Å². The zero-order chi connectivity index (χ0) is 25.7. The molecule has 0 aliphatic carbocycles. The summed E-state index contributed by atoms with van der Waals surface area (Å²) in [7, 11) is 0. The van der Waals surface area contributed by atoms with Crippen LogP contribution in [-0.2, 0) is 5.41 Å². The van der Waals surface area contributed by atoms with Crippen molar-refractivity contribution >= 4 is 34.8 Å². The Hall–Kier alpha value is -4.65. The summed E-state index contributed by atoms with van der Waals surface area (Å²) in [6, 6.07) is 24.1. The lowest BCUT2D eigenvalue weighted by molar-refractivity contribution is 0.0994. The number of rotatable bonds is 6. The topological polar surface area (TPSA) is 100 Å². The maximum Gasteiger partial charge on any atom is 0.291 e. The van der Waals surface area contributed by atoms with Gasteiger partial charge in [0.05, 0.1) is 17.6 Å². The van der Waals surface area contributed by atoms with Gasteiger partial charge in [0, 0.05) is 16.8 Å². The molecule has 0 spiro atoms. The van der Waals surface area contributed by atoms with E-state index < -0.39 is 0 Å². The smallest absolute Gasteiger partial charge is 0.291 e. The van der Waals surface area contributed by atoms with Crippen LogP contribution in [-0.4, -0.2) is 17.7 Å². The van der Waals surface area contributed by atoms with Gasteiger partial charge in [0.2, 0.25) is 0 Å². The van der Waals surface area contributed by atoms with Crippen LogP contribution in [0.1, 0.15) is 57.6 Å². The number of anilines is 3. The first-order valence-corrected chi connectivity index (χ1v) is 11.5. The number of hydrogen-bond acceptors (Lipinski definition) is 4. The van der Waals surface area contributed by atoms with E-state index in [1.54, 1.807) is 72.8 Å². The Morgan fingerprint density at radius 1 is 0.611 bits per heavy atom. The second-order valence-corrected chi connectivity index (χ2v) is 9.29. The van der Waals surface area contributed by atoms with E-state index in [1.165, 1.54) is 6.26 Å². The SMILES string of the molecule is CC(C)(C)c1ccc(C(=O)Nc2ccccc2NC(=O)c2ccc(NC(=O)c3ccco3)cc2)cc1. The summed E-state index contributed by atoms with van der Waals surface area (Å²) >= 11 is 0. The Kier molecular flexibility index (Phi) is 7.01. The standard InChI is InChI=1S/C29H27N3O4/c1-29(2,3)21-14-10-19(11-15-21)26(33)31-23-7-4-5-8-24(23)32-27(34)20-12-16-22(17-13-20)30-28(35)25-9-6-18-36-25/h4-18H,1-3H3,(H,30,35)(H,31,33)(H,32,34). The molecule has 0 bridgehead atoms. The van der Waals surface area contributed by atoms with Crippen LogP contribution in [0.2, 0.25) is 0 Å². The molecule has 0 saturated carbocycles. The predicted molar refractivity (Wildman–Crippen MR) is 141 cm³/mol. The lowest BCUT2D eigenvalue weighted by Gasteiger charge is -2.19. The van der Waals surface area contributed by atoms with E-state index in [9.17, 15) is 14.4 Å². The maximum absolute atomic E-state index is 12.8. The molecule has 3 amide bonds. The Morgan fingerprint density at radius 3 is 1.61 bits per heavy atom. The van der Waals surface area contributed by atoms with E-state index in [0.29, 0.717) is 28.2 Å². The van der Waals surface area contributed by atoms with Gasteiger partial charge in [-0.25, -0.2) is 0 Å². The largest absolute Gasteiger partial charge is 0.459 e. The number of amides is 3. The number of nitrogens with one attached hydrogen (secondary N) is 3. The first kappa shape index (κ1) is 24.5. The molecule has 0 aliphatic rings. The predicted octanol–water partition coefficient (Wildman–Crippen LogP) is 6.33. The fourth-order valence-electron chi connectivity index (χ4n) is 3.52. The van der Waals surface area contributed by atoms with Crippen LogP contribution < -0.4 is 16.0 Å². The van der Waals surface area contributed by atoms with Gasteiger partial charge in [-0.1, -0.05) is 45.0 Å². The molecule has 3 aromatic carbocycles. The van der Waals surface area contributed by atoms with Crippen molar-refractivity contribution in [2.45, 2.75) is 26.2 Å². The van der Waals surface area contributed by atoms with Gasteiger partial charge < -0.3 is 20.4 Å². The average molecular weight is 482 g/mol. The van der Waals surface area contributed by atoms with Crippen molar-refractivity contribution in [3.63, 3.8) is 0 Å². The molecule has 0 atom stereocenters. The molecule has 182 valence electrons. The summed E-state index contributed by atoms with van der Waals surface area (Å²) in [5.41, 5.74) is 3.53. The first-order chi connectivity index (χ1) is 17.2. The van der Waals surface area contributed by atoms with Crippen molar-refractivity contribution < 1.29 is 18.8 Å². The normalized spacial score (nSPS) is 11.0. The molecule has 0 radical (unpaired) electrons. The molecule has 1 aromatic heterocycles. The van der Waals surface area contributed by atoms with Crippen molar-refractivity contribution in [2.75, 3.05) is 16.0 Å². The maximum atomic E-state index is 12.8. The Bertz CT molecular complexity index is 1370. The number of carbonyl (C=O) groups is 3. The highest BCUT2D eigenvalue weighted by Gasteiger charge is 2.16. The zero-order valence-corrected chi connectivity index (χ0v) is 20.3. The van der Waals surface area contributed by atoms with Gasteiger partial charge in [0.15, 0.2) is 5.76 Å². The van der Waals surface area contributed by atoms with Crippen LogP contribution in [0.25, 0.3) is 0 Å². The second-order valence-electron chi connectivity index (χ2n) is 9.29. The van der Waals surface area contributed by atoms with Crippen LogP contribution in [0.3, 0.4) is 0 Å². The first-order valence-electron chi connectivity index (χ1n) is 11.5. The van der Waals surface area contributed by atoms with Gasteiger partial charge in [-0.3, -0.25) is 14.4 Å². The molecule has 4 aromatic rings. The molecule has 3 N–H and O–H groups in total. The Balaban J connectivity index is 1.42. The molecule has 0 saturated heterocycles. The van der Waals surface area contributed by atoms with Gasteiger partial charge in [-0.05, 0) is 71.6 Å². The highest BCUT2D eigenvalue weighted by atomic mass is 16.3. The summed E-state index contributed by atoms with van der Waals surface area (Å²) in [6.45, 7) is 6.35. The Labute approximate surface area is 209 Å². The molecular formula is C29H27N3O4. The third-order valence-electron chi connectivity index (χ3n) is 5.59. The second kappa shape index (κ2) is 10.3. The monoisotopic (exact) mass is 481 g/mol. The lowest BCUT2D eigenvalue weighted by Crippen LogP contribution is -2.17. The number of para-hydroxylation sites is 2. The minimum Gasteiger partial charge on any atom is -0.459 e. The fourth-order valence-corrected chi connectivity index (χ4v) is 3.52. The minimum atomic E-state index is -0.380. The fraction of sp³-hybridized carbons (Fsp3) is 0.138. The quantitative estimate of drug-likeness (QED) is 0.299. The molecule has 0 fully saturated rings. The van der Waals surface area contributed by atoms with Crippen molar-refractivity contribution in [3.05, 3.63) is 114 Å². The molecule has 4 rings (SSSR count). The average Bonchev–Trinajstić information content (AvgIpc) is 3.40. The molecular weight excluding hydrogens is 454 g/mol. The summed E-state index contributed by atoms with van der Waals surface area (Å²) < 4.78 is 5.08. The van der Waals surface area contributed by atoms with Crippen LogP contribution in [0.5, 0.6) is 0 Å². The van der Waals surface area contributed by atoms with E-state index in [2.05, 4.69) is 36.7 Å². The van der Waals surface area contributed by atoms with Gasteiger partial charge >= 0.3 is 0 Å². The van der Waals surface area contributed by atoms with E-state index >= 15 is 0 Å². The van der Waals surface area contributed by atoms with Crippen molar-refractivity contribution in [1.82, 2.24) is 0 Å². The molecule has 1 heterocycles. The van der Waals surface area contributed by atoms with Crippen LogP contribution in [0.4, 0.5) is 17.1 Å². The van der Waals surface area contributed by atoms with Gasteiger partial charge in [-0.2, -0.15) is 0 Å². The summed E-state index contributed by atoms with van der Waals surface area (Å²) in [5.74, 6) is -0.806. The van der Waals surface area contributed by atoms with E-state index in [1.807, 2.05) is 12.1 Å². The number of carbonyl (C=O) groups excluding carboxylic acids is 3. The number of hydrogen-bond donors (Lipinski definition) is 3. The van der Waals surface area contributed by atoms with Crippen LogP contribution in [0, 0.1) is 0 Å². The number of benzene rings is 3. The highest BCUT2D eigenvalue weighted by molar-refractivity contribution is 6.10. The van der Waals surface area contributed by atoms with Crippen LogP contribution in [0.15, 0.2) is 95.6 Å². The summed E-state index contributed by atoms with van der Waals surface area (Å²) in [5, 5.41) is 8.42. The number of furan rings is 1. The summed E-state index contributed by atoms with van der Waals surface area (Å²) in [4.78, 5) is 37.8. The van der Waals surface area contributed by atoms with Gasteiger partial charge in [0.25, 0.3) is 17.7 Å². The van der Waals surface area contributed by atoms with E-state index in [0.717, 1.165) is 5.56 Å². The highest BCUT2D eigenvalue weighted by Crippen LogP contribution is 2.25. The van der Waals surface area contributed by atoms with E-state index in [-0.39, 0.29) is 28.9 Å². The molecule has 7 nitrogen and oxygen atoms in total. The van der Waals surface area contributed by atoms with Gasteiger partial charge in [0.1, 0.15) is 0 Å². The van der Waals surface area contributed by atoms with Crippen LogP contribution >= 0.6 is 0 Å². The van der Waals surface area contributed by atoms with Crippen molar-refractivity contribution in [3.8, 4) is 0 Å². The molecule has 7 heteroatoms. The lowest BCUT2D eigenvalue weighted by atomic mass is 9.87. The molecule has 36 heavy (non-hydrogen) atoms. The Morgan fingerprint density at radius 2 is 1.14 bits per heavy atom. The minimum absolute atomic E-state index is 0.00486. The summed E-state index contributed by atoms with van der Waals surface area (Å²) in [6.07, 6.45) is 1.42. The molecule has 0 aliphatic heterocycles. The van der Waals surface area contributed by atoms with Gasteiger partial charge in [-0.15, -0.1) is 0 Å².